The van der Waals surface area contributed by atoms with Gasteiger partial charge >= 0.3 is 0 Å². The van der Waals surface area contributed by atoms with Gasteiger partial charge in [0.2, 0.25) is 0 Å². The summed E-state index contributed by atoms with van der Waals surface area (Å²) < 4.78 is 13.9. The van der Waals surface area contributed by atoms with Crippen molar-refractivity contribution in [1.82, 2.24) is 0 Å². The van der Waals surface area contributed by atoms with Gasteiger partial charge in [-0.05, 0) is 93.2 Å². The Labute approximate surface area is 145 Å². The first-order valence-corrected chi connectivity index (χ1v) is 9.52. The van der Waals surface area contributed by atoms with E-state index >= 15 is 0 Å². The number of allylic oxidation sites excluding steroid dienone is 2. The van der Waals surface area contributed by atoms with Crippen LogP contribution < -0.4 is 0 Å². The fourth-order valence-corrected chi connectivity index (χ4v) is 4.93. The van der Waals surface area contributed by atoms with Crippen molar-refractivity contribution in [2.24, 2.45) is 17.8 Å². The number of nitriles is 1. The Morgan fingerprint density at radius 1 is 1.17 bits per heavy atom. The first-order valence-electron chi connectivity index (χ1n) is 9.52. The number of benzene rings is 1. The quantitative estimate of drug-likeness (QED) is 0.591. The number of nitrogens with zero attached hydrogens (tertiary/aromatic N) is 1. The summed E-state index contributed by atoms with van der Waals surface area (Å²) in [5, 5.41) is 8.88. The number of hydrogen-bond acceptors (Lipinski definition) is 1. The first kappa shape index (κ1) is 17.2. The van der Waals surface area contributed by atoms with Crippen LogP contribution in [-0.2, 0) is 0 Å². The summed E-state index contributed by atoms with van der Waals surface area (Å²) in [4.78, 5) is 0. The van der Waals surface area contributed by atoms with E-state index in [1.54, 1.807) is 12.1 Å². The van der Waals surface area contributed by atoms with Crippen molar-refractivity contribution in [2.75, 3.05) is 0 Å². The Balaban J connectivity index is 1.58. The number of fused-ring (bicyclic) bond motifs is 1. The van der Waals surface area contributed by atoms with Crippen LogP contribution in [0.2, 0.25) is 0 Å². The third-order valence-corrected chi connectivity index (χ3v) is 6.28. The number of hydrogen-bond donors (Lipinski definition) is 0. The van der Waals surface area contributed by atoms with Crippen LogP contribution in [0.1, 0.15) is 75.3 Å². The van der Waals surface area contributed by atoms with Gasteiger partial charge in [-0.25, -0.2) is 4.39 Å². The largest absolute Gasteiger partial charge is 0.206 e. The zero-order valence-corrected chi connectivity index (χ0v) is 14.7. The molecule has 2 heteroatoms. The van der Waals surface area contributed by atoms with E-state index in [1.807, 2.05) is 12.1 Å². The summed E-state index contributed by atoms with van der Waals surface area (Å²) in [5.74, 6) is 2.73. The van der Waals surface area contributed by atoms with Crippen molar-refractivity contribution >= 4 is 0 Å². The van der Waals surface area contributed by atoms with Gasteiger partial charge in [-0.2, -0.15) is 5.26 Å². The lowest BCUT2D eigenvalue weighted by atomic mass is 9.63. The van der Waals surface area contributed by atoms with Gasteiger partial charge in [0.1, 0.15) is 11.9 Å². The minimum Gasteiger partial charge on any atom is -0.206 e. The Bertz CT molecular complexity index is 627. The molecule has 0 bridgehead atoms. The zero-order chi connectivity index (χ0) is 16.9. The monoisotopic (exact) mass is 325 g/mol. The highest BCUT2D eigenvalue weighted by atomic mass is 19.1. The molecule has 1 aromatic carbocycles. The smallest absolute Gasteiger partial charge is 0.141 e. The third-order valence-electron chi connectivity index (χ3n) is 6.28. The summed E-state index contributed by atoms with van der Waals surface area (Å²) in [6, 6.07) is 7.14. The lowest BCUT2D eigenvalue weighted by Crippen LogP contribution is -2.30. The molecular weight excluding hydrogens is 297 g/mol. The first-order chi connectivity index (χ1) is 11.7. The van der Waals surface area contributed by atoms with Gasteiger partial charge in [-0.1, -0.05) is 24.6 Å². The van der Waals surface area contributed by atoms with E-state index in [0.717, 1.165) is 23.3 Å². The highest BCUT2D eigenvalue weighted by molar-refractivity contribution is 5.35. The topological polar surface area (TPSA) is 23.8 Å². The van der Waals surface area contributed by atoms with Crippen LogP contribution in [0.5, 0.6) is 0 Å². The van der Waals surface area contributed by atoms with Crippen molar-refractivity contribution < 1.29 is 4.39 Å². The van der Waals surface area contributed by atoms with Gasteiger partial charge in [0.25, 0.3) is 0 Å². The molecule has 2 aliphatic carbocycles. The Morgan fingerprint density at radius 2 is 1.96 bits per heavy atom. The van der Waals surface area contributed by atoms with Crippen molar-refractivity contribution in [2.45, 2.75) is 64.2 Å². The molecule has 24 heavy (non-hydrogen) atoms. The highest BCUT2D eigenvalue weighted by Gasteiger charge is 2.35. The number of rotatable bonds is 4. The molecule has 128 valence electrons. The molecule has 2 fully saturated rings. The molecule has 3 rings (SSSR count). The second-order valence-corrected chi connectivity index (χ2v) is 7.71. The van der Waals surface area contributed by atoms with Gasteiger partial charge < -0.3 is 0 Å². The van der Waals surface area contributed by atoms with Crippen LogP contribution in [0.15, 0.2) is 30.4 Å². The predicted octanol–water partition coefficient (Wildman–Crippen LogP) is 6.35. The molecule has 2 saturated carbocycles. The summed E-state index contributed by atoms with van der Waals surface area (Å²) in [5.41, 5.74) is 1.26. The van der Waals surface area contributed by atoms with Crippen molar-refractivity contribution in [3.63, 3.8) is 0 Å². The van der Waals surface area contributed by atoms with Crippen LogP contribution in [0, 0.1) is 34.9 Å². The molecule has 0 radical (unpaired) electrons. The molecule has 0 aliphatic heterocycles. The fraction of sp³-hybridized carbons (Fsp3) is 0.591. The molecule has 2 aliphatic rings. The Morgan fingerprint density at radius 3 is 2.71 bits per heavy atom. The second kappa shape index (κ2) is 7.97. The second-order valence-electron chi connectivity index (χ2n) is 7.71. The number of halogens is 1. The van der Waals surface area contributed by atoms with Crippen molar-refractivity contribution in [3.8, 4) is 6.07 Å². The van der Waals surface area contributed by atoms with Crippen LogP contribution in [0.4, 0.5) is 4.39 Å². The molecule has 4 atom stereocenters. The van der Waals surface area contributed by atoms with E-state index in [-0.39, 0.29) is 11.4 Å². The minimum atomic E-state index is -0.357. The van der Waals surface area contributed by atoms with Gasteiger partial charge in [0.05, 0.1) is 5.56 Å². The average Bonchev–Trinajstić information content (AvgIpc) is 2.61. The summed E-state index contributed by atoms with van der Waals surface area (Å²) in [7, 11) is 0. The molecule has 1 nitrogen and oxygen atoms in total. The van der Waals surface area contributed by atoms with Crippen LogP contribution in [-0.4, -0.2) is 0 Å². The summed E-state index contributed by atoms with van der Waals surface area (Å²) in [6.45, 7) is 2.10. The molecule has 0 heterocycles. The normalized spacial score (nSPS) is 30.0. The van der Waals surface area contributed by atoms with Crippen LogP contribution in [0.25, 0.3) is 0 Å². The molecule has 0 saturated heterocycles. The molecule has 0 spiro atoms. The molecule has 0 aromatic heterocycles. The zero-order valence-electron chi connectivity index (χ0n) is 14.7. The molecule has 0 N–H and O–H groups in total. The van der Waals surface area contributed by atoms with E-state index in [2.05, 4.69) is 19.1 Å². The van der Waals surface area contributed by atoms with Gasteiger partial charge in [-0.3, -0.25) is 0 Å². The van der Waals surface area contributed by atoms with E-state index in [0.29, 0.717) is 5.92 Å². The average molecular weight is 325 g/mol. The highest BCUT2D eigenvalue weighted by Crippen LogP contribution is 2.48. The standard InChI is InChI=1S/C22H28FN/c1-2-3-4-5-16-6-7-18-13-19(9-8-17(18)12-16)20-10-11-21(15-24)22(23)14-20/h2-3,10-11,14,16-19H,4-9,12-13H2,1H3/b3-2+. The van der Waals surface area contributed by atoms with E-state index in [9.17, 15) is 4.39 Å². The maximum absolute atomic E-state index is 13.9. The Hall–Kier alpha value is -1.62. The Kier molecular flexibility index (Phi) is 5.72. The maximum atomic E-state index is 13.9. The van der Waals surface area contributed by atoms with E-state index < -0.39 is 0 Å². The fourth-order valence-electron chi connectivity index (χ4n) is 4.93. The summed E-state index contributed by atoms with van der Waals surface area (Å²) >= 11 is 0. The lowest BCUT2D eigenvalue weighted by Gasteiger charge is -2.42. The van der Waals surface area contributed by atoms with Crippen molar-refractivity contribution in [3.05, 3.63) is 47.3 Å². The van der Waals surface area contributed by atoms with E-state index in [4.69, 9.17) is 5.26 Å². The lowest BCUT2D eigenvalue weighted by molar-refractivity contribution is 0.115. The molecular formula is C22H28FN. The third kappa shape index (κ3) is 3.89. The van der Waals surface area contributed by atoms with Gasteiger partial charge in [0, 0.05) is 0 Å². The van der Waals surface area contributed by atoms with Crippen LogP contribution >= 0.6 is 0 Å². The van der Waals surface area contributed by atoms with Gasteiger partial charge in [-0.15, -0.1) is 0 Å². The van der Waals surface area contributed by atoms with Crippen molar-refractivity contribution in [1.29, 1.82) is 5.26 Å². The minimum absolute atomic E-state index is 0.161. The van der Waals surface area contributed by atoms with Gasteiger partial charge in [0.15, 0.2) is 0 Å². The van der Waals surface area contributed by atoms with Crippen LogP contribution in [0.3, 0.4) is 0 Å². The maximum Gasteiger partial charge on any atom is 0.141 e. The molecule has 0 amide bonds. The predicted molar refractivity (Wildman–Crippen MR) is 96.1 cm³/mol. The molecule has 4 unspecified atom stereocenters. The SMILES string of the molecule is C/C=C/CCC1CCC2CC(c3ccc(C#N)c(F)c3)CCC2C1. The van der Waals surface area contributed by atoms with E-state index in [1.165, 1.54) is 51.4 Å². The summed E-state index contributed by atoms with van der Waals surface area (Å²) in [6.07, 6.45) is 14.8. The molecule has 1 aromatic rings.